The van der Waals surface area contributed by atoms with Crippen molar-refractivity contribution in [1.82, 2.24) is 0 Å². The fraction of sp³-hybridized carbons (Fsp3) is 0.364. The molecule has 0 bridgehead atoms. The Labute approximate surface area is 105 Å². The van der Waals surface area contributed by atoms with Crippen LogP contribution in [0.2, 0.25) is 0 Å². The van der Waals surface area contributed by atoms with Gasteiger partial charge in [0.25, 0.3) is 0 Å². The van der Waals surface area contributed by atoms with Crippen LogP contribution in [-0.4, -0.2) is 21.0 Å². The Kier molecular flexibility index (Phi) is 4.27. The summed E-state index contributed by atoms with van der Waals surface area (Å²) in [5.74, 6) is -0.817. The quantitative estimate of drug-likeness (QED) is 0.930. The van der Waals surface area contributed by atoms with Crippen LogP contribution < -0.4 is 0 Å². The molecule has 1 aromatic carbocycles. The van der Waals surface area contributed by atoms with Gasteiger partial charge in [-0.2, -0.15) is 0 Å². The second-order valence-electron chi connectivity index (χ2n) is 4.13. The average Bonchev–Trinajstić information content (AvgIpc) is 2.17. The zero-order valence-corrected chi connectivity index (χ0v) is 11.5. The molecule has 3 nitrogen and oxygen atoms in total. The summed E-state index contributed by atoms with van der Waals surface area (Å²) >= 11 is 3.29. The summed E-state index contributed by atoms with van der Waals surface area (Å²) in [7, 11) is -1.28. The molecule has 0 saturated carbocycles. The molecule has 1 unspecified atom stereocenters. The van der Waals surface area contributed by atoms with Gasteiger partial charge in [0.1, 0.15) is 0 Å². The molecule has 0 aliphatic heterocycles. The molecule has 1 aromatic rings. The highest BCUT2D eigenvalue weighted by Gasteiger charge is 2.29. The van der Waals surface area contributed by atoms with Gasteiger partial charge >= 0.3 is 5.97 Å². The maximum Gasteiger partial charge on any atom is 0.310 e. The molecule has 0 fully saturated rings. The normalized spacial score (nSPS) is 13.4. The largest absolute Gasteiger partial charge is 0.481 e. The molecule has 1 atom stereocenters. The molecule has 88 valence electrons. The molecule has 0 amide bonds. The summed E-state index contributed by atoms with van der Waals surface area (Å²) < 4.78 is 12.8. The second kappa shape index (κ2) is 5.10. The SMILES string of the molecule is CC(C)(CS(=O)c1ccc(Br)cc1)C(=O)O. The van der Waals surface area contributed by atoms with Crippen molar-refractivity contribution in [3.05, 3.63) is 28.7 Å². The maximum atomic E-state index is 11.9. The van der Waals surface area contributed by atoms with Crippen molar-refractivity contribution < 1.29 is 14.1 Å². The number of carboxylic acid groups (broad SMARTS) is 1. The van der Waals surface area contributed by atoms with Crippen LogP contribution in [0.4, 0.5) is 0 Å². The number of hydrogen-bond acceptors (Lipinski definition) is 2. The molecule has 0 radical (unpaired) electrons. The van der Waals surface area contributed by atoms with Gasteiger partial charge in [-0.1, -0.05) is 15.9 Å². The van der Waals surface area contributed by atoms with Crippen LogP contribution in [0.15, 0.2) is 33.6 Å². The average molecular weight is 305 g/mol. The topological polar surface area (TPSA) is 54.4 Å². The van der Waals surface area contributed by atoms with E-state index in [2.05, 4.69) is 15.9 Å². The summed E-state index contributed by atoms with van der Waals surface area (Å²) in [5, 5.41) is 8.94. The zero-order chi connectivity index (χ0) is 12.3. The van der Waals surface area contributed by atoms with Gasteiger partial charge < -0.3 is 5.11 Å². The summed E-state index contributed by atoms with van der Waals surface area (Å²) in [4.78, 5) is 11.6. The van der Waals surface area contributed by atoms with Gasteiger partial charge in [-0.25, -0.2) is 0 Å². The van der Waals surface area contributed by atoms with Crippen LogP contribution in [0, 0.1) is 5.41 Å². The molecule has 0 saturated heterocycles. The summed E-state index contributed by atoms with van der Waals surface area (Å²) in [6.45, 7) is 3.15. The van der Waals surface area contributed by atoms with E-state index in [1.807, 2.05) is 0 Å². The lowest BCUT2D eigenvalue weighted by Crippen LogP contribution is -2.30. The van der Waals surface area contributed by atoms with Crippen molar-refractivity contribution in [3.63, 3.8) is 0 Å². The second-order valence-corrected chi connectivity index (χ2v) is 6.50. The highest BCUT2D eigenvalue weighted by molar-refractivity contribution is 9.10. The van der Waals surface area contributed by atoms with E-state index in [0.717, 1.165) is 4.47 Å². The van der Waals surface area contributed by atoms with Crippen molar-refractivity contribution in [3.8, 4) is 0 Å². The van der Waals surface area contributed by atoms with E-state index < -0.39 is 22.2 Å². The molecule has 5 heteroatoms. The molecule has 0 spiro atoms. The summed E-state index contributed by atoms with van der Waals surface area (Å²) in [5.41, 5.74) is -0.974. The van der Waals surface area contributed by atoms with Crippen LogP contribution in [-0.2, 0) is 15.6 Å². The third-order valence-electron chi connectivity index (χ3n) is 2.15. The van der Waals surface area contributed by atoms with Crippen LogP contribution in [0.5, 0.6) is 0 Å². The molecule has 0 aliphatic rings. The van der Waals surface area contributed by atoms with Crippen molar-refractivity contribution in [1.29, 1.82) is 0 Å². The van der Waals surface area contributed by atoms with Crippen LogP contribution in [0.1, 0.15) is 13.8 Å². The molecule has 0 aliphatic carbocycles. The monoisotopic (exact) mass is 304 g/mol. The first kappa shape index (κ1) is 13.4. The van der Waals surface area contributed by atoms with Gasteiger partial charge in [-0.3, -0.25) is 9.00 Å². The van der Waals surface area contributed by atoms with Crippen LogP contribution in [0.3, 0.4) is 0 Å². The van der Waals surface area contributed by atoms with Crippen molar-refractivity contribution in [2.75, 3.05) is 5.75 Å². The lowest BCUT2D eigenvalue weighted by Gasteiger charge is -2.18. The number of halogens is 1. The molecule has 0 aromatic heterocycles. The Bertz CT molecular complexity index is 412. The smallest absolute Gasteiger partial charge is 0.310 e. The maximum absolute atomic E-state index is 11.9. The third-order valence-corrected chi connectivity index (χ3v) is 4.46. The Hall–Kier alpha value is -0.680. The first-order valence-electron chi connectivity index (χ1n) is 4.70. The van der Waals surface area contributed by atoms with E-state index >= 15 is 0 Å². The third kappa shape index (κ3) is 3.42. The van der Waals surface area contributed by atoms with E-state index in [1.54, 1.807) is 38.1 Å². The number of aliphatic carboxylic acids is 1. The molecule has 0 heterocycles. The zero-order valence-electron chi connectivity index (χ0n) is 9.07. The predicted octanol–water partition coefficient (Wildman–Crippen LogP) is 2.67. The molecular formula is C11H13BrO3S. The van der Waals surface area contributed by atoms with E-state index in [0.29, 0.717) is 4.90 Å². The molecular weight excluding hydrogens is 292 g/mol. The van der Waals surface area contributed by atoms with E-state index in [1.165, 1.54) is 0 Å². The fourth-order valence-corrected chi connectivity index (χ4v) is 2.71. The molecule has 16 heavy (non-hydrogen) atoms. The fourth-order valence-electron chi connectivity index (χ4n) is 1.06. The van der Waals surface area contributed by atoms with Gasteiger partial charge in [0.05, 0.1) is 16.2 Å². The molecule has 1 N–H and O–H groups in total. The van der Waals surface area contributed by atoms with Crippen molar-refractivity contribution in [2.45, 2.75) is 18.7 Å². The Balaban J connectivity index is 2.81. The van der Waals surface area contributed by atoms with Gasteiger partial charge in [0.2, 0.25) is 0 Å². The van der Waals surface area contributed by atoms with Crippen molar-refractivity contribution >= 4 is 32.7 Å². The number of hydrogen-bond donors (Lipinski definition) is 1. The first-order chi connectivity index (χ1) is 7.33. The van der Waals surface area contributed by atoms with Crippen molar-refractivity contribution in [2.24, 2.45) is 5.41 Å². The van der Waals surface area contributed by atoms with E-state index in [9.17, 15) is 9.00 Å². The van der Waals surface area contributed by atoms with E-state index in [4.69, 9.17) is 5.11 Å². The van der Waals surface area contributed by atoms with Crippen LogP contribution >= 0.6 is 15.9 Å². The molecule has 1 rings (SSSR count). The number of benzene rings is 1. The first-order valence-corrected chi connectivity index (χ1v) is 6.81. The lowest BCUT2D eigenvalue weighted by atomic mass is 9.97. The highest BCUT2D eigenvalue weighted by Crippen LogP contribution is 2.21. The number of carbonyl (C=O) groups is 1. The summed E-state index contributed by atoms with van der Waals surface area (Å²) in [6, 6.07) is 7.05. The minimum Gasteiger partial charge on any atom is -0.481 e. The lowest BCUT2D eigenvalue weighted by molar-refractivity contribution is -0.145. The highest BCUT2D eigenvalue weighted by atomic mass is 79.9. The number of rotatable bonds is 4. The van der Waals surface area contributed by atoms with E-state index in [-0.39, 0.29) is 5.75 Å². The summed E-state index contributed by atoms with van der Waals surface area (Å²) in [6.07, 6.45) is 0. The van der Waals surface area contributed by atoms with Gasteiger partial charge in [0.15, 0.2) is 0 Å². The minimum absolute atomic E-state index is 0.115. The Morgan fingerprint density at radius 2 is 1.88 bits per heavy atom. The number of carboxylic acids is 1. The minimum atomic E-state index is -1.28. The van der Waals surface area contributed by atoms with Crippen LogP contribution in [0.25, 0.3) is 0 Å². The van der Waals surface area contributed by atoms with Gasteiger partial charge in [0, 0.05) is 15.1 Å². The van der Waals surface area contributed by atoms with Gasteiger partial charge in [-0.15, -0.1) is 0 Å². The predicted molar refractivity (Wildman–Crippen MR) is 66.8 cm³/mol. The Morgan fingerprint density at radius 3 is 2.31 bits per heavy atom. The Morgan fingerprint density at radius 1 is 1.38 bits per heavy atom. The van der Waals surface area contributed by atoms with Gasteiger partial charge in [-0.05, 0) is 38.1 Å². The standard InChI is InChI=1S/C11H13BrO3S/c1-11(2,10(13)14)7-16(15)9-5-3-8(12)4-6-9/h3-6H,7H2,1-2H3,(H,13,14).